The summed E-state index contributed by atoms with van der Waals surface area (Å²) < 4.78 is 42.6. The van der Waals surface area contributed by atoms with E-state index in [1.54, 1.807) is 9.91 Å². The summed E-state index contributed by atoms with van der Waals surface area (Å²) in [7, 11) is 1.86. The number of alkyl halides is 3. The van der Waals surface area contributed by atoms with E-state index in [4.69, 9.17) is 5.10 Å². The minimum Gasteiger partial charge on any atom is -0.406 e. The number of aromatic nitrogens is 3. The molecule has 0 radical (unpaired) electrons. The van der Waals surface area contributed by atoms with Crippen molar-refractivity contribution >= 4 is 28.5 Å². The number of amides is 1. The highest BCUT2D eigenvalue weighted by Crippen LogP contribution is 2.32. The van der Waals surface area contributed by atoms with Gasteiger partial charge in [0.05, 0.1) is 23.7 Å². The zero-order chi connectivity index (χ0) is 28.4. The molecule has 1 aromatic heterocycles. The van der Waals surface area contributed by atoms with E-state index in [9.17, 15) is 18.0 Å². The van der Waals surface area contributed by atoms with Crippen LogP contribution >= 0.6 is 11.8 Å². The molecule has 0 bridgehead atoms. The predicted molar refractivity (Wildman–Crippen MR) is 148 cm³/mol. The predicted octanol–water partition coefficient (Wildman–Crippen LogP) is 5.93. The Hall–Kier alpha value is -4.32. The third-order valence-electron chi connectivity index (χ3n) is 6.14. The molecule has 0 atom stereocenters. The van der Waals surface area contributed by atoms with E-state index in [1.165, 1.54) is 47.0 Å². The molecular weight excluding hydrogens is 541 g/mol. The van der Waals surface area contributed by atoms with E-state index in [-0.39, 0.29) is 11.7 Å². The molecule has 1 saturated heterocycles. The monoisotopic (exact) mass is 566 g/mol. The zero-order valence-corrected chi connectivity index (χ0v) is 22.7. The summed E-state index contributed by atoms with van der Waals surface area (Å²) in [5.74, 6) is 0.524. The second kappa shape index (κ2) is 11.0. The fourth-order valence-corrected chi connectivity index (χ4v) is 5.24. The van der Waals surface area contributed by atoms with E-state index in [2.05, 4.69) is 14.8 Å². The Balaban J connectivity index is 1.26. The molecule has 0 aliphatic carbocycles. The molecule has 0 unspecified atom stereocenters. The van der Waals surface area contributed by atoms with Gasteiger partial charge in [0.25, 0.3) is 0 Å². The number of benzene rings is 3. The van der Waals surface area contributed by atoms with Crippen molar-refractivity contribution < 1.29 is 22.7 Å². The number of amidine groups is 1. The Bertz CT molecular complexity index is 1530. The van der Waals surface area contributed by atoms with Crippen LogP contribution in [0.15, 0.2) is 78.2 Å². The second-order valence-corrected chi connectivity index (χ2v) is 10.2. The fraction of sp³-hybridized carbons (Fsp3) is 0.214. The van der Waals surface area contributed by atoms with Gasteiger partial charge in [0.1, 0.15) is 12.1 Å². The number of ether oxygens (including phenoxy) is 1. The van der Waals surface area contributed by atoms with Gasteiger partial charge in [-0.1, -0.05) is 54.2 Å². The van der Waals surface area contributed by atoms with Crippen molar-refractivity contribution in [3.8, 4) is 22.8 Å². The number of halogens is 3. The summed E-state index contributed by atoms with van der Waals surface area (Å²) in [6.45, 7) is 4.50. The Morgan fingerprint density at radius 3 is 2.35 bits per heavy atom. The van der Waals surface area contributed by atoms with Crippen molar-refractivity contribution in [3.63, 3.8) is 0 Å². The van der Waals surface area contributed by atoms with Crippen molar-refractivity contribution in [2.24, 2.45) is 5.10 Å². The molecule has 1 aliphatic heterocycles. The highest BCUT2D eigenvalue weighted by molar-refractivity contribution is 8.15. The molecule has 1 aliphatic rings. The maximum atomic E-state index is 12.7. The lowest BCUT2D eigenvalue weighted by atomic mass is 10.1. The maximum absolute atomic E-state index is 12.7. The second-order valence-electron chi connectivity index (χ2n) is 9.21. The third-order valence-corrected chi connectivity index (χ3v) is 7.05. The van der Waals surface area contributed by atoms with Gasteiger partial charge >= 0.3 is 6.36 Å². The molecule has 1 fully saturated rings. The van der Waals surface area contributed by atoms with Crippen LogP contribution in [0.3, 0.4) is 0 Å². The van der Waals surface area contributed by atoms with Gasteiger partial charge in [-0.2, -0.15) is 5.10 Å². The van der Waals surface area contributed by atoms with E-state index in [0.29, 0.717) is 29.0 Å². The molecule has 0 N–H and O–H groups in total. The van der Waals surface area contributed by atoms with Crippen molar-refractivity contribution in [1.82, 2.24) is 19.8 Å². The van der Waals surface area contributed by atoms with Gasteiger partial charge in [0.2, 0.25) is 5.91 Å². The minimum absolute atomic E-state index is 0.0106. The average Bonchev–Trinajstić information content (AvgIpc) is 3.52. The van der Waals surface area contributed by atoms with Gasteiger partial charge in [-0.25, -0.2) is 9.67 Å². The van der Waals surface area contributed by atoms with Gasteiger partial charge in [0, 0.05) is 12.6 Å². The number of hydrogen-bond acceptors (Lipinski definition) is 7. The van der Waals surface area contributed by atoms with E-state index in [1.807, 2.05) is 63.4 Å². The first-order valence-corrected chi connectivity index (χ1v) is 13.2. The first-order valence-electron chi connectivity index (χ1n) is 12.3. The topological polar surface area (TPSA) is 75.9 Å². The summed E-state index contributed by atoms with van der Waals surface area (Å²) in [5, 5.41) is 11.6. The lowest BCUT2D eigenvalue weighted by Gasteiger charge is -2.22. The third kappa shape index (κ3) is 6.12. The van der Waals surface area contributed by atoms with Crippen LogP contribution in [0, 0.1) is 13.8 Å². The molecule has 12 heteroatoms. The first kappa shape index (κ1) is 27.3. The molecule has 1 amide bonds. The number of rotatable bonds is 7. The van der Waals surface area contributed by atoms with Crippen molar-refractivity contribution in [1.29, 1.82) is 0 Å². The van der Waals surface area contributed by atoms with Crippen molar-refractivity contribution in [3.05, 3.63) is 89.7 Å². The van der Waals surface area contributed by atoms with Crippen LogP contribution in [0.2, 0.25) is 0 Å². The standard InChI is InChI=1S/C28H25F3N6O2S/c1-18-5-4-6-19(2)25(18)37-24(38)16-40-27(37)34-35(3)15-20-7-9-21(10-8-20)26-32-17-36(33-26)22-11-13-23(14-12-22)39-28(29,30)31/h4-14,17H,15-16H2,1-3H3/b34-27-. The zero-order valence-electron chi connectivity index (χ0n) is 21.9. The van der Waals surface area contributed by atoms with Gasteiger partial charge < -0.3 is 4.74 Å². The van der Waals surface area contributed by atoms with Crippen LogP contribution < -0.4 is 9.64 Å². The highest BCUT2D eigenvalue weighted by Gasteiger charge is 2.32. The fourth-order valence-electron chi connectivity index (χ4n) is 4.34. The van der Waals surface area contributed by atoms with Crippen LogP contribution in [-0.2, 0) is 11.3 Å². The maximum Gasteiger partial charge on any atom is 0.573 e. The molecule has 4 aromatic rings. The number of carbonyl (C=O) groups is 1. The van der Waals surface area contributed by atoms with Crippen LogP contribution in [0.4, 0.5) is 18.9 Å². The normalized spacial score (nSPS) is 14.7. The Morgan fingerprint density at radius 2 is 1.70 bits per heavy atom. The highest BCUT2D eigenvalue weighted by atomic mass is 32.2. The number of anilines is 1. The summed E-state index contributed by atoms with van der Waals surface area (Å²) in [6.07, 6.45) is -3.25. The average molecular weight is 567 g/mol. The first-order chi connectivity index (χ1) is 19.1. The number of carbonyl (C=O) groups excluding carboxylic acids is 1. The summed E-state index contributed by atoms with van der Waals surface area (Å²) in [5.41, 5.74) is 5.25. The summed E-state index contributed by atoms with van der Waals surface area (Å²) >= 11 is 1.42. The van der Waals surface area contributed by atoms with Gasteiger partial charge in [-0.15, -0.1) is 18.3 Å². The van der Waals surface area contributed by atoms with Gasteiger partial charge in [-0.05, 0) is 54.8 Å². The molecule has 206 valence electrons. The van der Waals surface area contributed by atoms with E-state index >= 15 is 0 Å². The lowest BCUT2D eigenvalue weighted by Crippen LogP contribution is -2.32. The molecule has 8 nitrogen and oxygen atoms in total. The molecule has 0 spiro atoms. The number of nitrogens with zero attached hydrogens (tertiary/aromatic N) is 6. The van der Waals surface area contributed by atoms with Crippen LogP contribution in [-0.4, -0.2) is 50.0 Å². The van der Waals surface area contributed by atoms with Gasteiger partial charge in [-0.3, -0.25) is 14.7 Å². The quantitative estimate of drug-likeness (QED) is 0.258. The largest absolute Gasteiger partial charge is 0.573 e. The summed E-state index contributed by atoms with van der Waals surface area (Å²) in [4.78, 5) is 18.7. The van der Waals surface area contributed by atoms with Crippen molar-refractivity contribution in [2.45, 2.75) is 26.8 Å². The molecule has 2 heterocycles. The van der Waals surface area contributed by atoms with Crippen LogP contribution in [0.1, 0.15) is 16.7 Å². The number of hydrogen-bond donors (Lipinski definition) is 0. The van der Waals surface area contributed by atoms with E-state index in [0.717, 1.165) is 27.9 Å². The Kier molecular flexibility index (Phi) is 7.53. The SMILES string of the molecule is Cc1cccc(C)c1N1C(=O)CS/C1=N\N(C)Cc1ccc(-c2ncn(-c3ccc(OC(F)(F)F)cc3)n2)cc1. The lowest BCUT2D eigenvalue weighted by molar-refractivity contribution is -0.274. The Morgan fingerprint density at radius 1 is 1.02 bits per heavy atom. The summed E-state index contributed by atoms with van der Waals surface area (Å²) in [6, 6.07) is 19.0. The number of thioether (sulfide) groups is 1. The van der Waals surface area contributed by atoms with Crippen LogP contribution in [0.5, 0.6) is 5.75 Å². The molecule has 40 heavy (non-hydrogen) atoms. The van der Waals surface area contributed by atoms with E-state index < -0.39 is 6.36 Å². The molecule has 3 aromatic carbocycles. The molecule has 5 rings (SSSR count). The smallest absolute Gasteiger partial charge is 0.406 e. The Labute approximate surface area is 233 Å². The molecule has 0 saturated carbocycles. The number of hydrazone groups is 1. The van der Waals surface area contributed by atoms with Crippen LogP contribution in [0.25, 0.3) is 17.1 Å². The van der Waals surface area contributed by atoms with Crippen molar-refractivity contribution in [2.75, 3.05) is 17.7 Å². The molecular formula is C28H25F3N6O2S. The number of aryl methyl sites for hydroxylation is 2. The van der Waals surface area contributed by atoms with Gasteiger partial charge in [0.15, 0.2) is 11.0 Å². The minimum atomic E-state index is -4.74. The number of para-hydroxylation sites is 1.